The Morgan fingerprint density at radius 2 is 2.18 bits per heavy atom. The fourth-order valence-corrected chi connectivity index (χ4v) is 1.81. The Balaban J connectivity index is 1.89. The molecule has 0 atom stereocenters. The lowest BCUT2D eigenvalue weighted by Crippen LogP contribution is -2.13. The molecule has 8 heteroatoms. The van der Waals surface area contributed by atoms with Crippen LogP contribution in [-0.4, -0.2) is 27.1 Å². The van der Waals surface area contributed by atoms with E-state index in [9.17, 15) is 14.0 Å². The number of aryl methyl sites for hydroxylation is 2. The van der Waals surface area contributed by atoms with Crippen molar-refractivity contribution in [3.8, 4) is 0 Å². The SMILES string of the molecule is Cc1noc(CCCC(=O)Nc2cc(C(=O)O)ccc2F)n1. The lowest BCUT2D eigenvalue weighted by Gasteiger charge is -2.07. The van der Waals surface area contributed by atoms with Crippen LogP contribution in [0.3, 0.4) is 0 Å². The summed E-state index contributed by atoms with van der Waals surface area (Å²) >= 11 is 0. The summed E-state index contributed by atoms with van der Waals surface area (Å²) in [4.78, 5) is 26.6. The number of nitrogens with one attached hydrogen (secondary N) is 1. The van der Waals surface area contributed by atoms with E-state index in [2.05, 4.69) is 15.5 Å². The number of carboxylic acids is 1. The molecular weight excluding hydrogens is 293 g/mol. The van der Waals surface area contributed by atoms with Crippen LogP contribution in [-0.2, 0) is 11.2 Å². The van der Waals surface area contributed by atoms with E-state index in [1.165, 1.54) is 0 Å². The molecule has 0 saturated carbocycles. The van der Waals surface area contributed by atoms with Crippen molar-refractivity contribution in [2.24, 2.45) is 0 Å². The smallest absolute Gasteiger partial charge is 0.335 e. The predicted octanol–water partition coefficient (Wildman–Crippen LogP) is 2.18. The zero-order chi connectivity index (χ0) is 16.1. The van der Waals surface area contributed by atoms with E-state index in [0.29, 0.717) is 24.6 Å². The minimum atomic E-state index is -1.19. The van der Waals surface area contributed by atoms with Crippen molar-refractivity contribution in [1.82, 2.24) is 10.1 Å². The summed E-state index contributed by atoms with van der Waals surface area (Å²) in [6.07, 6.45) is 1.01. The summed E-state index contributed by atoms with van der Waals surface area (Å²) in [5, 5.41) is 14.8. The van der Waals surface area contributed by atoms with Crippen molar-refractivity contribution in [3.63, 3.8) is 0 Å². The van der Waals surface area contributed by atoms with E-state index >= 15 is 0 Å². The number of rotatable bonds is 6. The minimum absolute atomic E-state index is 0.0990. The Morgan fingerprint density at radius 3 is 2.82 bits per heavy atom. The van der Waals surface area contributed by atoms with Gasteiger partial charge in [-0.2, -0.15) is 4.98 Å². The van der Waals surface area contributed by atoms with Crippen LogP contribution in [0.25, 0.3) is 0 Å². The fourth-order valence-electron chi connectivity index (χ4n) is 1.81. The van der Waals surface area contributed by atoms with Gasteiger partial charge in [-0.1, -0.05) is 5.16 Å². The molecule has 7 nitrogen and oxygen atoms in total. The quantitative estimate of drug-likeness (QED) is 0.847. The largest absolute Gasteiger partial charge is 0.478 e. The van der Waals surface area contributed by atoms with Crippen LogP contribution in [0.1, 0.15) is 34.9 Å². The third-order valence-corrected chi connectivity index (χ3v) is 2.85. The molecule has 2 N–H and O–H groups in total. The van der Waals surface area contributed by atoms with Crippen molar-refractivity contribution >= 4 is 17.6 Å². The van der Waals surface area contributed by atoms with Gasteiger partial charge in [-0.3, -0.25) is 4.79 Å². The van der Waals surface area contributed by atoms with Gasteiger partial charge in [0.1, 0.15) is 5.82 Å². The van der Waals surface area contributed by atoms with E-state index in [4.69, 9.17) is 9.63 Å². The van der Waals surface area contributed by atoms with E-state index in [-0.39, 0.29) is 17.7 Å². The number of nitrogens with zero attached hydrogens (tertiary/aromatic N) is 2. The van der Waals surface area contributed by atoms with Crippen molar-refractivity contribution < 1.29 is 23.6 Å². The number of carboxylic acid groups (broad SMARTS) is 1. The molecule has 0 bridgehead atoms. The molecule has 2 rings (SSSR count). The molecule has 0 radical (unpaired) electrons. The molecule has 1 aromatic heterocycles. The van der Waals surface area contributed by atoms with Crippen LogP contribution in [0.15, 0.2) is 22.7 Å². The molecule has 22 heavy (non-hydrogen) atoms. The molecule has 0 aliphatic heterocycles. The van der Waals surface area contributed by atoms with Gasteiger partial charge in [0.2, 0.25) is 11.8 Å². The molecule has 0 fully saturated rings. The number of carbonyl (C=O) groups is 2. The topological polar surface area (TPSA) is 105 Å². The average molecular weight is 307 g/mol. The predicted molar refractivity (Wildman–Crippen MR) is 74.0 cm³/mol. The second-order valence-corrected chi connectivity index (χ2v) is 4.64. The maximum absolute atomic E-state index is 13.5. The van der Waals surface area contributed by atoms with Crippen LogP contribution in [0.4, 0.5) is 10.1 Å². The molecule has 1 aromatic carbocycles. The van der Waals surface area contributed by atoms with Gasteiger partial charge in [0, 0.05) is 12.8 Å². The number of amides is 1. The Hall–Kier alpha value is -2.77. The highest BCUT2D eigenvalue weighted by atomic mass is 19.1. The maximum atomic E-state index is 13.5. The molecule has 116 valence electrons. The third kappa shape index (κ3) is 4.11. The van der Waals surface area contributed by atoms with Crippen LogP contribution in [0.2, 0.25) is 0 Å². The number of aromatic carboxylic acids is 1. The highest BCUT2D eigenvalue weighted by Gasteiger charge is 2.11. The Bertz CT molecular complexity index is 699. The first-order valence-electron chi connectivity index (χ1n) is 6.57. The summed E-state index contributed by atoms with van der Waals surface area (Å²) in [6, 6.07) is 3.21. The molecule has 0 aliphatic carbocycles. The second-order valence-electron chi connectivity index (χ2n) is 4.64. The van der Waals surface area contributed by atoms with Gasteiger partial charge in [0.15, 0.2) is 5.82 Å². The van der Waals surface area contributed by atoms with Crippen molar-refractivity contribution in [1.29, 1.82) is 0 Å². The first-order valence-corrected chi connectivity index (χ1v) is 6.57. The van der Waals surface area contributed by atoms with E-state index in [1.54, 1.807) is 6.92 Å². The number of carbonyl (C=O) groups excluding carboxylic acids is 1. The minimum Gasteiger partial charge on any atom is -0.478 e. The first kappa shape index (κ1) is 15.6. The van der Waals surface area contributed by atoms with Gasteiger partial charge in [-0.25, -0.2) is 9.18 Å². The van der Waals surface area contributed by atoms with Crippen LogP contribution in [0, 0.1) is 12.7 Å². The summed E-state index contributed by atoms with van der Waals surface area (Å²) in [6.45, 7) is 1.69. The molecule has 1 heterocycles. The number of anilines is 1. The summed E-state index contributed by atoms with van der Waals surface area (Å²) < 4.78 is 18.4. The van der Waals surface area contributed by atoms with Crippen molar-refractivity contribution in [2.45, 2.75) is 26.2 Å². The maximum Gasteiger partial charge on any atom is 0.335 e. The molecule has 0 spiro atoms. The van der Waals surface area contributed by atoms with Gasteiger partial charge in [-0.05, 0) is 31.5 Å². The third-order valence-electron chi connectivity index (χ3n) is 2.85. The lowest BCUT2D eigenvalue weighted by molar-refractivity contribution is -0.116. The van der Waals surface area contributed by atoms with Crippen molar-refractivity contribution in [3.05, 3.63) is 41.3 Å². The summed E-state index contributed by atoms with van der Waals surface area (Å²) in [5.41, 5.74) is -0.253. The highest BCUT2D eigenvalue weighted by Crippen LogP contribution is 2.17. The van der Waals surface area contributed by atoms with Gasteiger partial charge in [0.25, 0.3) is 0 Å². The van der Waals surface area contributed by atoms with E-state index in [1.807, 2.05) is 0 Å². The standard InChI is InChI=1S/C14H14FN3O4/c1-8-16-13(22-18-8)4-2-3-12(19)17-11-7-9(14(20)21)5-6-10(11)15/h5-7H,2-4H2,1H3,(H,17,19)(H,20,21). The average Bonchev–Trinajstić information content (AvgIpc) is 2.86. The molecule has 0 unspecified atom stereocenters. The normalized spacial score (nSPS) is 10.5. The molecule has 1 amide bonds. The number of benzene rings is 1. The summed E-state index contributed by atoms with van der Waals surface area (Å²) in [7, 11) is 0. The van der Waals surface area contributed by atoms with E-state index < -0.39 is 17.7 Å². The molecule has 0 saturated heterocycles. The Kier molecular flexibility index (Phi) is 4.82. The molecule has 2 aromatic rings. The lowest BCUT2D eigenvalue weighted by atomic mass is 10.2. The molecular formula is C14H14FN3O4. The highest BCUT2D eigenvalue weighted by molar-refractivity contribution is 5.94. The summed E-state index contributed by atoms with van der Waals surface area (Å²) in [5.74, 6) is -1.35. The van der Waals surface area contributed by atoms with E-state index in [0.717, 1.165) is 18.2 Å². The van der Waals surface area contributed by atoms with Crippen LogP contribution < -0.4 is 5.32 Å². The monoisotopic (exact) mass is 307 g/mol. The second kappa shape index (κ2) is 6.79. The number of hydrogen-bond acceptors (Lipinski definition) is 5. The molecule has 0 aliphatic rings. The van der Waals surface area contributed by atoms with Gasteiger partial charge in [-0.15, -0.1) is 0 Å². The number of halogens is 1. The van der Waals surface area contributed by atoms with Gasteiger partial charge >= 0.3 is 5.97 Å². The zero-order valence-corrected chi connectivity index (χ0v) is 11.8. The van der Waals surface area contributed by atoms with Crippen LogP contribution >= 0.6 is 0 Å². The van der Waals surface area contributed by atoms with Crippen LogP contribution in [0.5, 0.6) is 0 Å². The first-order chi connectivity index (χ1) is 10.5. The Labute approximate surface area is 125 Å². The van der Waals surface area contributed by atoms with Gasteiger partial charge < -0.3 is 14.9 Å². The van der Waals surface area contributed by atoms with Crippen molar-refractivity contribution in [2.75, 3.05) is 5.32 Å². The van der Waals surface area contributed by atoms with Gasteiger partial charge in [0.05, 0.1) is 11.3 Å². The Morgan fingerprint density at radius 1 is 1.41 bits per heavy atom. The zero-order valence-electron chi connectivity index (χ0n) is 11.8. The number of hydrogen-bond donors (Lipinski definition) is 2. The fraction of sp³-hybridized carbons (Fsp3) is 0.286. The number of aromatic nitrogens is 2.